The lowest BCUT2D eigenvalue weighted by molar-refractivity contribution is -0.128. The average Bonchev–Trinajstić information content (AvgIpc) is 2.51. The molecular formula is C16H15BrCl2N2O. The predicted molar refractivity (Wildman–Crippen MR) is 95.7 cm³/mol. The van der Waals surface area contributed by atoms with E-state index in [2.05, 4.69) is 15.9 Å². The highest BCUT2D eigenvalue weighted by molar-refractivity contribution is 9.09. The number of alkyl halides is 1. The molecule has 0 radical (unpaired) electrons. The number of nitrogens with two attached hydrogens (primary N) is 1. The number of halogens is 3. The monoisotopic (exact) mass is 400 g/mol. The molecule has 116 valence electrons. The fourth-order valence-electron chi connectivity index (χ4n) is 2.30. The zero-order valence-electron chi connectivity index (χ0n) is 11.9. The number of anilines is 1. The van der Waals surface area contributed by atoms with Crippen molar-refractivity contribution in [3.8, 4) is 0 Å². The lowest BCUT2D eigenvalue weighted by Gasteiger charge is -2.30. The Morgan fingerprint density at radius 1 is 1.23 bits per heavy atom. The van der Waals surface area contributed by atoms with Crippen molar-refractivity contribution < 1.29 is 4.79 Å². The number of amides is 1. The molecule has 0 aliphatic carbocycles. The van der Waals surface area contributed by atoms with Crippen LogP contribution in [0.3, 0.4) is 0 Å². The quantitative estimate of drug-likeness (QED) is 0.604. The molecule has 6 heteroatoms. The fourth-order valence-corrected chi connectivity index (χ4v) is 3.12. The summed E-state index contributed by atoms with van der Waals surface area (Å²) in [6.07, 6.45) is 0. The second kappa shape index (κ2) is 7.36. The van der Waals surface area contributed by atoms with Gasteiger partial charge in [0.25, 0.3) is 0 Å². The van der Waals surface area contributed by atoms with Gasteiger partial charge in [-0.15, -0.1) is 0 Å². The van der Waals surface area contributed by atoms with Gasteiger partial charge >= 0.3 is 0 Å². The van der Waals surface area contributed by atoms with Crippen molar-refractivity contribution in [2.45, 2.75) is 6.04 Å². The van der Waals surface area contributed by atoms with E-state index < -0.39 is 6.04 Å². The highest BCUT2D eigenvalue weighted by atomic mass is 79.9. The van der Waals surface area contributed by atoms with Crippen molar-refractivity contribution in [2.24, 2.45) is 0 Å². The number of carbonyl (C=O) groups excluding carboxylic acids is 1. The summed E-state index contributed by atoms with van der Waals surface area (Å²) >= 11 is 15.6. The minimum atomic E-state index is -0.405. The Balaban J connectivity index is 2.63. The van der Waals surface area contributed by atoms with E-state index in [0.29, 0.717) is 15.7 Å². The summed E-state index contributed by atoms with van der Waals surface area (Å²) in [5.41, 5.74) is 8.21. The number of rotatable bonds is 4. The third-order valence-electron chi connectivity index (χ3n) is 3.44. The van der Waals surface area contributed by atoms with Gasteiger partial charge in [-0.05, 0) is 29.8 Å². The summed E-state index contributed by atoms with van der Waals surface area (Å²) in [4.78, 5) is 13.8. The molecule has 2 rings (SSSR count). The van der Waals surface area contributed by atoms with Crippen LogP contribution in [-0.2, 0) is 4.79 Å². The molecule has 0 spiro atoms. The van der Waals surface area contributed by atoms with Crippen LogP contribution in [0.25, 0.3) is 0 Å². The first-order valence-corrected chi connectivity index (χ1v) is 8.44. The third kappa shape index (κ3) is 3.57. The number of carbonyl (C=O) groups is 1. The molecule has 1 atom stereocenters. The van der Waals surface area contributed by atoms with Crippen molar-refractivity contribution in [3.05, 3.63) is 63.6 Å². The van der Waals surface area contributed by atoms with Gasteiger partial charge in [-0.2, -0.15) is 0 Å². The summed E-state index contributed by atoms with van der Waals surface area (Å²) in [5, 5.41) is 1.34. The number of hydrogen-bond donors (Lipinski definition) is 1. The van der Waals surface area contributed by atoms with Crippen LogP contribution in [0, 0.1) is 0 Å². The van der Waals surface area contributed by atoms with Gasteiger partial charge in [0.1, 0.15) is 0 Å². The Morgan fingerprint density at radius 3 is 2.55 bits per heavy atom. The molecule has 0 heterocycles. The Bertz CT molecular complexity index is 694. The molecule has 1 unspecified atom stereocenters. The van der Waals surface area contributed by atoms with E-state index in [0.717, 1.165) is 11.1 Å². The summed E-state index contributed by atoms with van der Waals surface area (Å²) in [5.74, 6) is -0.0794. The minimum absolute atomic E-state index is 0.0794. The molecule has 0 aromatic heterocycles. The molecule has 0 saturated heterocycles. The standard InChI is InChI=1S/C16H15BrCl2N2O/c1-21(15(22)9-17)16(11-4-2-3-5-13(11)19)12-8-10(18)6-7-14(12)20/h2-8,16H,9,20H2,1H3. The molecule has 3 nitrogen and oxygen atoms in total. The summed E-state index contributed by atoms with van der Waals surface area (Å²) in [7, 11) is 1.72. The molecule has 0 saturated carbocycles. The molecule has 2 aromatic carbocycles. The SMILES string of the molecule is CN(C(=O)CBr)C(c1cc(Cl)ccc1N)c1ccccc1Cl. The predicted octanol–water partition coefficient (Wildman–Crippen LogP) is 4.52. The van der Waals surface area contributed by atoms with E-state index in [1.807, 2.05) is 18.2 Å². The van der Waals surface area contributed by atoms with E-state index in [9.17, 15) is 4.79 Å². The first-order valence-electron chi connectivity index (χ1n) is 6.56. The van der Waals surface area contributed by atoms with Gasteiger partial charge in [0, 0.05) is 28.3 Å². The largest absolute Gasteiger partial charge is 0.398 e. The highest BCUT2D eigenvalue weighted by Gasteiger charge is 2.26. The molecule has 2 aromatic rings. The Kier molecular flexibility index (Phi) is 5.73. The van der Waals surface area contributed by atoms with Crippen LogP contribution in [-0.4, -0.2) is 23.2 Å². The Labute approximate surface area is 148 Å². The molecule has 22 heavy (non-hydrogen) atoms. The second-order valence-electron chi connectivity index (χ2n) is 4.84. The number of hydrogen-bond acceptors (Lipinski definition) is 2. The lowest BCUT2D eigenvalue weighted by atomic mass is 9.96. The summed E-state index contributed by atoms with van der Waals surface area (Å²) in [6.45, 7) is 0. The van der Waals surface area contributed by atoms with Gasteiger partial charge in [-0.1, -0.05) is 57.3 Å². The van der Waals surface area contributed by atoms with Gasteiger partial charge in [0.15, 0.2) is 0 Å². The van der Waals surface area contributed by atoms with Crippen molar-refractivity contribution >= 4 is 50.7 Å². The van der Waals surface area contributed by atoms with Crippen LogP contribution in [0.1, 0.15) is 17.2 Å². The molecule has 2 N–H and O–H groups in total. The number of nitrogen functional groups attached to an aromatic ring is 1. The van der Waals surface area contributed by atoms with Crippen LogP contribution in [0.15, 0.2) is 42.5 Å². The van der Waals surface area contributed by atoms with E-state index in [-0.39, 0.29) is 11.2 Å². The zero-order valence-corrected chi connectivity index (χ0v) is 15.0. The van der Waals surface area contributed by atoms with Gasteiger partial charge in [0.05, 0.1) is 11.4 Å². The number of benzene rings is 2. The van der Waals surface area contributed by atoms with Crippen LogP contribution < -0.4 is 5.73 Å². The van der Waals surface area contributed by atoms with E-state index in [1.54, 1.807) is 36.2 Å². The van der Waals surface area contributed by atoms with E-state index in [4.69, 9.17) is 28.9 Å². The molecule has 0 aliphatic heterocycles. The average molecular weight is 402 g/mol. The first kappa shape index (κ1) is 17.1. The zero-order chi connectivity index (χ0) is 16.3. The Hall–Kier alpha value is -1.23. The van der Waals surface area contributed by atoms with E-state index in [1.165, 1.54) is 0 Å². The molecular weight excluding hydrogens is 387 g/mol. The van der Waals surface area contributed by atoms with Gasteiger partial charge in [-0.25, -0.2) is 0 Å². The van der Waals surface area contributed by atoms with Crippen LogP contribution >= 0.6 is 39.1 Å². The molecule has 1 amide bonds. The maximum Gasteiger partial charge on any atom is 0.233 e. The first-order chi connectivity index (χ1) is 10.5. The highest BCUT2D eigenvalue weighted by Crippen LogP contribution is 2.36. The fraction of sp³-hybridized carbons (Fsp3) is 0.188. The maximum absolute atomic E-state index is 12.2. The Morgan fingerprint density at radius 2 is 1.91 bits per heavy atom. The minimum Gasteiger partial charge on any atom is -0.398 e. The van der Waals surface area contributed by atoms with Gasteiger partial charge in [0.2, 0.25) is 5.91 Å². The maximum atomic E-state index is 12.2. The molecule has 0 fully saturated rings. The normalized spacial score (nSPS) is 12.0. The van der Waals surface area contributed by atoms with Crippen molar-refractivity contribution in [1.82, 2.24) is 4.90 Å². The van der Waals surface area contributed by atoms with Crippen LogP contribution in [0.5, 0.6) is 0 Å². The summed E-state index contributed by atoms with van der Waals surface area (Å²) < 4.78 is 0. The lowest BCUT2D eigenvalue weighted by Crippen LogP contribution is -2.33. The van der Waals surface area contributed by atoms with Crippen LogP contribution in [0.2, 0.25) is 10.0 Å². The number of nitrogens with zero attached hydrogens (tertiary/aromatic N) is 1. The van der Waals surface area contributed by atoms with Gasteiger partial charge < -0.3 is 10.6 Å². The van der Waals surface area contributed by atoms with Gasteiger partial charge in [-0.3, -0.25) is 4.79 Å². The second-order valence-corrected chi connectivity index (χ2v) is 6.24. The summed E-state index contributed by atoms with van der Waals surface area (Å²) in [6, 6.07) is 12.2. The smallest absolute Gasteiger partial charge is 0.233 e. The third-order valence-corrected chi connectivity index (χ3v) is 4.50. The topological polar surface area (TPSA) is 46.3 Å². The van der Waals surface area contributed by atoms with Crippen molar-refractivity contribution in [3.63, 3.8) is 0 Å². The van der Waals surface area contributed by atoms with Crippen LogP contribution in [0.4, 0.5) is 5.69 Å². The van der Waals surface area contributed by atoms with Crippen molar-refractivity contribution in [2.75, 3.05) is 18.1 Å². The molecule has 0 bridgehead atoms. The molecule has 0 aliphatic rings. The van der Waals surface area contributed by atoms with E-state index >= 15 is 0 Å². The van der Waals surface area contributed by atoms with Crippen molar-refractivity contribution in [1.29, 1.82) is 0 Å².